The maximum atomic E-state index is 10.3. The molecule has 0 radical (unpaired) electrons. The van der Waals surface area contributed by atoms with Gasteiger partial charge in [-0.3, -0.25) is 0 Å². The van der Waals surface area contributed by atoms with Gasteiger partial charge in [0.25, 0.3) is 0 Å². The lowest BCUT2D eigenvalue weighted by Gasteiger charge is -2.28. The van der Waals surface area contributed by atoms with E-state index in [9.17, 15) is 5.11 Å². The summed E-state index contributed by atoms with van der Waals surface area (Å²) in [7, 11) is 0. The van der Waals surface area contributed by atoms with Crippen LogP contribution in [-0.4, -0.2) is 11.4 Å². The van der Waals surface area contributed by atoms with Crippen LogP contribution >= 0.6 is 11.8 Å². The van der Waals surface area contributed by atoms with Gasteiger partial charge < -0.3 is 5.11 Å². The third-order valence-corrected chi connectivity index (χ3v) is 3.50. The minimum absolute atomic E-state index is 0.222. The largest absolute Gasteiger partial charge is 0.385 e. The maximum absolute atomic E-state index is 10.3. The van der Waals surface area contributed by atoms with Gasteiger partial charge >= 0.3 is 0 Å². The highest BCUT2D eigenvalue weighted by Gasteiger charge is 2.26. The van der Waals surface area contributed by atoms with Gasteiger partial charge in [0.1, 0.15) is 0 Å². The highest BCUT2D eigenvalue weighted by molar-refractivity contribution is 7.98. The Morgan fingerprint density at radius 1 is 1.36 bits per heavy atom. The third kappa shape index (κ3) is 2.31. The van der Waals surface area contributed by atoms with Crippen LogP contribution in [0.1, 0.15) is 26.3 Å². The second kappa shape index (κ2) is 4.37. The average Bonchev–Trinajstić information content (AvgIpc) is 2.17. The van der Waals surface area contributed by atoms with Crippen molar-refractivity contribution in [2.24, 2.45) is 5.92 Å². The van der Waals surface area contributed by atoms with Gasteiger partial charge in [0.2, 0.25) is 0 Å². The van der Waals surface area contributed by atoms with E-state index in [-0.39, 0.29) is 5.92 Å². The lowest BCUT2D eigenvalue weighted by atomic mass is 9.85. The fourth-order valence-corrected chi connectivity index (χ4v) is 1.73. The molecule has 0 saturated heterocycles. The first kappa shape index (κ1) is 11.6. The van der Waals surface area contributed by atoms with Crippen molar-refractivity contribution in [3.63, 3.8) is 0 Å². The SMILES string of the molecule is CSc1cccc([C@@](C)(O)C(C)C)c1. The Labute approximate surface area is 90.5 Å². The van der Waals surface area contributed by atoms with Crippen LogP contribution < -0.4 is 0 Å². The van der Waals surface area contributed by atoms with Gasteiger partial charge in [0.05, 0.1) is 5.60 Å². The molecule has 0 unspecified atom stereocenters. The second-order valence-electron chi connectivity index (χ2n) is 4.03. The number of hydrogen-bond acceptors (Lipinski definition) is 2. The molecule has 0 fully saturated rings. The van der Waals surface area contributed by atoms with Crippen molar-refractivity contribution in [3.8, 4) is 0 Å². The smallest absolute Gasteiger partial charge is 0.0891 e. The molecule has 1 rings (SSSR count). The Morgan fingerprint density at radius 2 is 2.00 bits per heavy atom. The predicted molar refractivity (Wildman–Crippen MR) is 62.6 cm³/mol. The van der Waals surface area contributed by atoms with Crippen LogP contribution in [0.4, 0.5) is 0 Å². The van der Waals surface area contributed by atoms with Crippen molar-refractivity contribution in [2.75, 3.05) is 6.26 Å². The van der Waals surface area contributed by atoms with Gasteiger partial charge in [-0.15, -0.1) is 11.8 Å². The lowest BCUT2D eigenvalue weighted by molar-refractivity contribution is 0.00886. The van der Waals surface area contributed by atoms with E-state index in [4.69, 9.17) is 0 Å². The van der Waals surface area contributed by atoms with Crippen LogP contribution in [0.15, 0.2) is 29.2 Å². The van der Waals surface area contributed by atoms with E-state index >= 15 is 0 Å². The molecule has 0 bridgehead atoms. The summed E-state index contributed by atoms with van der Waals surface area (Å²) in [4.78, 5) is 1.20. The van der Waals surface area contributed by atoms with Crippen molar-refractivity contribution >= 4 is 11.8 Å². The Bertz CT molecular complexity index is 305. The van der Waals surface area contributed by atoms with E-state index in [0.29, 0.717) is 0 Å². The van der Waals surface area contributed by atoms with E-state index < -0.39 is 5.60 Å². The monoisotopic (exact) mass is 210 g/mol. The topological polar surface area (TPSA) is 20.2 Å². The van der Waals surface area contributed by atoms with E-state index in [2.05, 4.69) is 12.1 Å². The number of rotatable bonds is 3. The van der Waals surface area contributed by atoms with Crippen molar-refractivity contribution in [1.82, 2.24) is 0 Å². The summed E-state index contributed by atoms with van der Waals surface area (Å²) in [5.41, 5.74) is 0.269. The molecule has 0 spiro atoms. The molecular weight excluding hydrogens is 192 g/mol. The molecule has 0 saturated carbocycles. The molecule has 1 N–H and O–H groups in total. The summed E-state index contributed by atoms with van der Waals surface area (Å²) in [6.45, 7) is 5.94. The highest BCUT2D eigenvalue weighted by Crippen LogP contribution is 2.30. The third-order valence-electron chi connectivity index (χ3n) is 2.78. The van der Waals surface area contributed by atoms with Crippen molar-refractivity contribution in [2.45, 2.75) is 31.3 Å². The molecule has 1 aromatic rings. The molecule has 2 heteroatoms. The summed E-state index contributed by atoms with van der Waals surface area (Å²) in [5.74, 6) is 0.222. The Hall–Kier alpha value is -0.470. The first-order valence-electron chi connectivity index (χ1n) is 4.85. The molecule has 1 aromatic carbocycles. The number of aliphatic hydroxyl groups is 1. The number of thioether (sulfide) groups is 1. The Balaban J connectivity index is 3.06. The molecule has 0 aliphatic carbocycles. The molecule has 0 aromatic heterocycles. The molecular formula is C12H18OS. The van der Waals surface area contributed by atoms with E-state index in [1.165, 1.54) is 4.90 Å². The van der Waals surface area contributed by atoms with E-state index in [0.717, 1.165) is 5.56 Å². The number of benzene rings is 1. The van der Waals surface area contributed by atoms with Crippen LogP contribution in [0.3, 0.4) is 0 Å². The van der Waals surface area contributed by atoms with Gasteiger partial charge in [0.15, 0.2) is 0 Å². The highest BCUT2D eigenvalue weighted by atomic mass is 32.2. The quantitative estimate of drug-likeness (QED) is 0.773. The zero-order valence-corrected chi connectivity index (χ0v) is 10.1. The molecule has 14 heavy (non-hydrogen) atoms. The number of hydrogen-bond donors (Lipinski definition) is 1. The molecule has 0 heterocycles. The second-order valence-corrected chi connectivity index (χ2v) is 4.91. The molecule has 1 nitrogen and oxygen atoms in total. The van der Waals surface area contributed by atoms with Crippen LogP contribution in [0.2, 0.25) is 0 Å². The van der Waals surface area contributed by atoms with Crippen molar-refractivity contribution in [3.05, 3.63) is 29.8 Å². The minimum atomic E-state index is -0.730. The molecule has 0 aliphatic heterocycles. The van der Waals surface area contributed by atoms with E-state index in [1.807, 2.05) is 39.2 Å². The summed E-state index contributed by atoms with van der Waals surface area (Å²) in [6, 6.07) is 8.10. The fourth-order valence-electron chi connectivity index (χ4n) is 1.27. The Kier molecular flexibility index (Phi) is 3.62. The minimum Gasteiger partial charge on any atom is -0.385 e. The average molecular weight is 210 g/mol. The van der Waals surface area contributed by atoms with Crippen molar-refractivity contribution in [1.29, 1.82) is 0 Å². The van der Waals surface area contributed by atoms with Crippen LogP contribution in [-0.2, 0) is 5.60 Å². The zero-order chi connectivity index (χ0) is 10.8. The van der Waals surface area contributed by atoms with E-state index in [1.54, 1.807) is 11.8 Å². The van der Waals surface area contributed by atoms with Crippen LogP contribution in [0.25, 0.3) is 0 Å². The normalized spacial score (nSPS) is 15.6. The summed E-state index contributed by atoms with van der Waals surface area (Å²) < 4.78 is 0. The Morgan fingerprint density at radius 3 is 2.50 bits per heavy atom. The molecule has 0 aliphatic rings. The fraction of sp³-hybridized carbons (Fsp3) is 0.500. The lowest BCUT2D eigenvalue weighted by Crippen LogP contribution is -2.27. The van der Waals surface area contributed by atoms with Gasteiger partial charge in [0, 0.05) is 4.90 Å². The molecule has 0 amide bonds. The first-order chi connectivity index (χ1) is 6.48. The van der Waals surface area contributed by atoms with Crippen molar-refractivity contribution < 1.29 is 5.11 Å². The van der Waals surface area contributed by atoms with Crippen LogP contribution in [0, 0.1) is 5.92 Å². The van der Waals surface area contributed by atoms with Gasteiger partial charge in [-0.05, 0) is 36.8 Å². The molecule has 1 atom stereocenters. The standard InChI is InChI=1S/C12H18OS/c1-9(2)12(3,13)10-6-5-7-11(8-10)14-4/h5-9,13H,1-4H3/t12-/m0/s1. The van der Waals surface area contributed by atoms with Gasteiger partial charge in [-0.2, -0.15) is 0 Å². The molecule has 78 valence electrons. The predicted octanol–water partition coefficient (Wildman–Crippen LogP) is 3.27. The van der Waals surface area contributed by atoms with Crippen LogP contribution in [0.5, 0.6) is 0 Å². The summed E-state index contributed by atoms with van der Waals surface area (Å²) >= 11 is 1.70. The summed E-state index contributed by atoms with van der Waals surface area (Å²) in [6.07, 6.45) is 2.04. The summed E-state index contributed by atoms with van der Waals surface area (Å²) in [5, 5.41) is 10.3. The van der Waals surface area contributed by atoms with Gasteiger partial charge in [-0.1, -0.05) is 26.0 Å². The van der Waals surface area contributed by atoms with Gasteiger partial charge in [-0.25, -0.2) is 0 Å². The maximum Gasteiger partial charge on any atom is 0.0891 e. The zero-order valence-electron chi connectivity index (χ0n) is 9.24. The first-order valence-corrected chi connectivity index (χ1v) is 6.08.